The molecule has 1 amide bonds. The van der Waals surface area contributed by atoms with Crippen molar-refractivity contribution >= 4 is 11.9 Å². The lowest BCUT2D eigenvalue weighted by molar-refractivity contribution is -0.139. The molecule has 1 heterocycles. The average molecular weight is 420 g/mol. The normalized spacial score (nSPS) is 19.9. The van der Waals surface area contributed by atoms with Crippen LogP contribution in [-0.4, -0.2) is 52.3 Å². The Balaban J connectivity index is 1.82. The minimum Gasteiger partial charge on any atom is -0.491 e. The molecule has 2 unspecified atom stereocenters. The largest absolute Gasteiger partial charge is 0.491 e. The van der Waals surface area contributed by atoms with Gasteiger partial charge in [0.05, 0.1) is 6.10 Å². The van der Waals surface area contributed by atoms with Gasteiger partial charge in [0.2, 0.25) is 5.91 Å². The molecule has 1 aliphatic heterocycles. The zero-order chi connectivity index (χ0) is 21.9. The number of para-hydroxylation sites is 1. The molecular weight excluding hydrogens is 382 g/mol. The standard InChI is InChI=1S/C24H37NO5/c1-18(9-6-7-14-24(28)29)16-25-22(12-8-13-23(25)27)19(2)15-20(26)17-30-21-10-4-3-5-11-21/h3-5,10-11,18-20,22,26H,6-9,12-17H2,1-2H3,(H,28,29)/t18-,19-,20?,22?/m0/s1. The molecule has 6 heteroatoms. The van der Waals surface area contributed by atoms with Crippen LogP contribution in [0.5, 0.6) is 5.75 Å². The highest BCUT2D eigenvalue weighted by atomic mass is 16.5. The summed E-state index contributed by atoms with van der Waals surface area (Å²) in [4.78, 5) is 25.3. The number of piperidine rings is 1. The molecule has 4 atom stereocenters. The van der Waals surface area contributed by atoms with E-state index in [-0.39, 0.29) is 30.9 Å². The number of amides is 1. The van der Waals surface area contributed by atoms with E-state index >= 15 is 0 Å². The Morgan fingerprint density at radius 2 is 1.97 bits per heavy atom. The number of carboxylic acid groups (broad SMARTS) is 1. The number of carboxylic acids is 1. The molecule has 1 aliphatic rings. The molecule has 1 aromatic rings. The number of rotatable bonds is 13. The van der Waals surface area contributed by atoms with Crippen LogP contribution in [0.15, 0.2) is 30.3 Å². The van der Waals surface area contributed by atoms with E-state index in [1.807, 2.05) is 35.2 Å². The summed E-state index contributed by atoms with van der Waals surface area (Å²) in [6.07, 6.45) is 5.14. The Morgan fingerprint density at radius 1 is 1.23 bits per heavy atom. The molecule has 30 heavy (non-hydrogen) atoms. The lowest BCUT2D eigenvalue weighted by Crippen LogP contribution is -2.49. The molecule has 0 radical (unpaired) electrons. The minimum atomic E-state index is -0.752. The first kappa shape index (κ1) is 24.2. The molecule has 0 aliphatic carbocycles. The number of carbonyl (C=O) groups excluding carboxylic acids is 1. The van der Waals surface area contributed by atoms with Crippen LogP contribution in [0.1, 0.15) is 65.2 Å². The van der Waals surface area contributed by atoms with Crippen LogP contribution in [0.3, 0.4) is 0 Å². The molecule has 2 rings (SSSR count). The van der Waals surface area contributed by atoms with Crippen molar-refractivity contribution in [1.82, 2.24) is 4.90 Å². The van der Waals surface area contributed by atoms with E-state index in [1.165, 1.54) is 0 Å². The van der Waals surface area contributed by atoms with Crippen molar-refractivity contribution in [2.24, 2.45) is 11.8 Å². The Bertz CT molecular complexity index is 650. The number of nitrogens with zero attached hydrogens (tertiary/aromatic N) is 1. The lowest BCUT2D eigenvalue weighted by atomic mass is 9.86. The fraction of sp³-hybridized carbons (Fsp3) is 0.667. The first-order valence-corrected chi connectivity index (χ1v) is 11.2. The van der Waals surface area contributed by atoms with Gasteiger partial charge in [0.15, 0.2) is 0 Å². The van der Waals surface area contributed by atoms with Crippen molar-refractivity contribution in [3.63, 3.8) is 0 Å². The second kappa shape index (κ2) is 12.6. The van der Waals surface area contributed by atoms with Gasteiger partial charge in [-0.2, -0.15) is 0 Å². The Hall–Kier alpha value is -2.08. The summed E-state index contributed by atoms with van der Waals surface area (Å²) in [7, 11) is 0. The smallest absolute Gasteiger partial charge is 0.303 e. The summed E-state index contributed by atoms with van der Waals surface area (Å²) in [6, 6.07) is 9.61. The predicted octanol–water partition coefficient (Wildman–Crippen LogP) is 4.11. The van der Waals surface area contributed by atoms with E-state index < -0.39 is 12.1 Å². The molecule has 1 aromatic carbocycles. The summed E-state index contributed by atoms with van der Waals surface area (Å²) < 4.78 is 5.67. The van der Waals surface area contributed by atoms with Crippen LogP contribution in [0, 0.1) is 11.8 Å². The summed E-state index contributed by atoms with van der Waals surface area (Å²) in [5.74, 6) is 0.711. The van der Waals surface area contributed by atoms with E-state index in [0.29, 0.717) is 31.7 Å². The monoisotopic (exact) mass is 419 g/mol. The van der Waals surface area contributed by atoms with Gasteiger partial charge in [-0.25, -0.2) is 0 Å². The number of ether oxygens (including phenoxy) is 1. The highest BCUT2D eigenvalue weighted by Crippen LogP contribution is 2.28. The molecule has 1 saturated heterocycles. The van der Waals surface area contributed by atoms with Crippen LogP contribution in [-0.2, 0) is 9.59 Å². The topological polar surface area (TPSA) is 87.1 Å². The Kier molecular flexibility index (Phi) is 10.1. The second-order valence-corrected chi connectivity index (χ2v) is 8.74. The van der Waals surface area contributed by atoms with E-state index in [1.54, 1.807) is 0 Å². The maximum Gasteiger partial charge on any atom is 0.303 e. The Morgan fingerprint density at radius 3 is 2.67 bits per heavy atom. The fourth-order valence-corrected chi connectivity index (χ4v) is 4.34. The molecular formula is C24H37NO5. The zero-order valence-electron chi connectivity index (χ0n) is 18.3. The van der Waals surface area contributed by atoms with Crippen molar-refractivity contribution in [3.05, 3.63) is 30.3 Å². The number of hydrogen-bond donors (Lipinski definition) is 2. The van der Waals surface area contributed by atoms with E-state index in [0.717, 1.165) is 31.4 Å². The molecule has 0 bridgehead atoms. The first-order valence-electron chi connectivity index (χ1n) is 11.2. The number of aliphatic hydroxyl groups excluding tert-OH is 1. The van der Waals surface area contributed by atoms with Crippen molar-refractivity contribution in [1.29, 1.82) is 0 Å². The number of benzene rings is 1. The number of aliphatic hydroxyl groups is 1. The number of carbonyl (C=O) groups is 2. The average Bonchev–Trinajstić information content (AvgIpc) is 2.71. The molecule has 168 valence electrons. The van der Waals surface area contributed by atoms with Gasteiger partial charge >= 0.3 is 5.97 Å². The Labute approximate surface area is 180 Å². The van der Waals surface area contributed by atoms with Crippen LogP contribution in [0.4, 0.5) is 0 Å². The second-order valence-electron chi connectivity index (χ2n) is 8.74. The van der Waals surface area contributed by atoms with Gasteiger partial charge in [0.1, 0.15) is 12.4 Å². The molecule has 0 saturated carbocycles. The molecule has 0 spiro atoms. The maximum atomic E-state index is 12.6. The highest BCUT2D eigenvalue weighted by molar-refractivity contribution is 5.77. The van der Waals surface area contributed by atoms with Crippen molar-refractivity contribution < 1.29 is 24.5 Å². The molecule has 6 nitrogen and oxygen atoms in total. The SMILES string of the molecule is C[C@@H](CCCCC(=O)O)CN1C(=O)CCCC1[C@@H](C)CC(O)COc1ccccc1. The third kappa shape index (κ3) is 8.34. The number of hydrogen-bond acceptors (Lipinski definition) is 4. The first-order chi connectivity index (χ1) is 14.4. The summed E-state index contributed by atoms with van der Waals surface area (Å²) in [5, 5.41) is 19.2. The van der Waals surface area contributed by atoms with Crippen molar-refractivity contribution in [2.45, 2.75) is 77.4 Å². The zero-order valence-corrected chi connectivity index (χ0v) is 18.3. The number of aliphatic carboxylic acids is 1. The van der Waals surface area contributed by atoms with Gasteiger partial charge < -0.3 is 19.8 Å². The number of unbranched alkanes of at least 4 members (excludes halogenated alkanes) is 1. The van der Waals surface area contributed by atoms with Gasteiger partial charge in [-0.3, -0.25) is 9.59 Å². The molecule has 1 fully saturated rings. The quantitative estimate of drug-likeness (QED) is 0.470. The van der Waals surface area contributed by atoms with Gasteiger partial charge in [0.25, 0.3) is 0 Å². The third-order valence-corrected chi connectivity index (χ3v) is 5.94. The highest BCUT2D eigenvalue weighted by Gasteiger charge is 2.33. The van der Waals surface area contributed by atoms with Crippen LogP contribution in [0.25, 0.3) is 0 Å². The van der Waals surface area contributed by atoms with E-state index in [2.05, 4.69) is 13.8 Å². The summed E-state index contributed by atoms with van der Waals surface area (Å²) in [6.45, 7) is 5.19. The third-order valence-electron chi connectivity index (χ3n) is 5.94. The van der Waals surface area contributed by atoms with Gasteiger partial charge in [-0.15, -0.1) is 0 Å². The van der Waals surface area contributed by atoms with Crippen LogP contribution in [0.2, 0.25) is 0 Å². The molecule has 2 N–H and O–H groups in total. The fourth-order valence-electron chi connectivity index (χ4n) is 4.34. The summed E-state index contributed by atoms with van der Waals surface area (Å²) >= 11 is 0. The predicted molar refractivity (Wildman–Crippen MR) is 116 cm³/mol. The summed E-state index contributed by atoms with van der Waals surface area (Å²) in [5.41, 5.74) is 0. The van der Waals surface area contributed by atoms with Crippen LogP contribution < -0.4 is 4.74 Å². The van der Waals surface area contributed by atoms with Crippen molar-refractivity contribution in [2.75, 3.05) is 13.2 Å². The van der Waals surface area contributed by atoms with Gasteiger partial charge in [-0.1, -0.05) is 38.5 Å². The van der Waals surface area contributed by atoms with E-state index in [9.17, 15) is 14.7 Å². The van der Waals surface area contributed by atoms with Gasteiger partial charge in [-0.05, 0) is 56.1 Å². The maximum absolute atomic E-state index is 12.6. The van der Waals surface area contributed by atoms with E-state index in [4.69, 9.17) is 9.84 Å². The van der Waals surface area contributed by atoms with Gasteiger partial charge in [0, 0.05) is 25.4 Å². The minimum absolute atomic E-state index is 0.138. The number of likely N-dealkylation sites (tertiary alicyclic amines) is 1. The molecule has 0 aromatic heterocycles. The van der Waals surface area contributed by atoms with Crippen molar-refractivity contribution in [3.8, 4) is 5.75 Å². The lowest BCUT2D eigenvalue weighted by Gasteiger charge is -2.41. The van der Waals surface area contributed by atoms with Crippen LogP contribution >= 0.6 is 0 Å².